The first-order chi connectivity index (χ1) is 11.6. The van der Waals surface area contributed by atoms with E-state index in [-0.39, 0.29) is 12.1 Å². The fraction of sp³-hybridized carbons (Fsp3) is 0.647. The number of likely N-dealkylation sites (N-methyl/N-ethyl adjacent to an activating group) is 1. The second kappa shape index (κ2) is 7.89. The molecule has 24 heavy (non-hydrogen) atoms. The molecule has 2 heterocycles. The van der Waals surface area contributed by atoms with Crippen molar-refractivity contribution >= 4 is 11.6 Å². The van der Waals surface area contributed by atoms with Crippen LogP contribution in [0.15, 0.2) is 12.1 Å². The Hall–Kier alpha value is -1.05. The molecule has 2 aliphatic rings. The quantitative estimate of drug-likeness (QED) is 0.885. The third-order valence-corrected chi connectivity index (χ3v) is 4.79. The van der Waals surface area contributed by atoms with Crippen molar-refractivity contribution in [3.63, 3.8) is 0 Å². The number of halogens is 1. The number of ether oxygens (including phenoxy) is 4. The van der Waals surface area contributed by atoms with Crippen LogP contribution in [-0.2, 0) is 16.0 Å². The van der Waals surface area contributed by atoms with Gasteiger partial charge in [0.1, 0.15) is 12.2 Å². The smallest absolute Gasteiger partial charge is 0.179 e. The number of methoxy groups -OCH3 is 1. The van der Waals surface area contributed by atoms with E-state index in [4.69, 9.17) is 30.5 Å². The highest BCUT2D eigenvalue weighted by Gasteiger charge is 2.35. The van der Waals surface area contributed by atoms with Crippen LogP contribution < -0.4 is 9.47 Å². The molecule has 0 radical (unpaired) electrons. The summed E-state index contributed by atoms with van der Waals surface area (Å²) < 4.78 is 22.2. The van der Waals surface area contributed by atoms with E-state index in [0.29, 0.717) is 49.5 Å². The summed E-state index contributed by atoms with van der Waals surface area (Å²) in [4.78, 5) is 2.05. The van der Waals surface area contributed by atoms with Crippen LogP contribution in [0.4, 0.5) is 0 Å². The fourth-order valence-electron chi connectivity index (χ4n) is 3.13. The predicted octanol–water partition coefficient (Wildman–Crippen LogP) is 1.71. The van der Waals surface area contributed by atoms with Crippen LogP contribution in [0.1, 0.15) is 12.0 Å². The Balaban J connectivity index is 1.73. The number of rotatable bonds is 4. The van der Waals surface area contributed by atoms with Crippen molar-refractivity contribution in [2.75, 3.05) is 40.6 Å². The second-order valence-electron chi connectivity index (χ2n) is 6.24. The normalized spacial score (nSPS) is 27.1. The minimum absolute atomic E-state index is 0.140. The number of hydrogen-bond donors (Lipinski definition) is 1. The molecule has 0 amide bonds. The summed E-state index contributed by atoms with van der Waals surface area (Å²) in [5.41, 5.74) is 0.999. The van der Waals surface area contributed by atoms with Gasteiger partial charge in [0.05, 0.1) is 37.5 Å². The molecule has 0 spiro atoms. The molecule has 6 nitrogen and oxygen atoms in total. The number of benzene rings is 1. The van der Waals surface area contributed by atoms with Crippen LogP contribution in [0.5, 0.6) is 11.5 Å². The lowest BCUT2D eigenvalue weighted by molar-refractivity contribution is -0.142. The SMILES string of the molecule is CO[C@@H]1COC[C@@H](N(C)Cc2cc(Cl)c3c(c2)OCCCO3)[C@@H]1O. The number of aliphatic hydroxyl groups excluding tert-OH is 1. The zero-order valence-corrected chi connectivity index (χ0v) is 14.8. The molecule has 1 fully saturated rings. The molecule has 0 aromatic heterocycles. The molecular weight excluding hydrogens is 334 g/mol. The van der Waals surface area contributed by atoms with Crippen molar-refractivity contribution in [3.05, 3.63) is 22.7 Å². The van der Waals surface area contributed by atoms with Crippen molar-refractivity contribution in [1.82, 2.24) is 4.90 Å². The summed E-state index contributed by atoms with van der Waals surface area (Å²) in [5, 5.41) is 11.0. The maximum Gasteiger partial charge on any atom is 0.179 e. The van der Waals surface area contributed by atoms with E-state index in [0.717, 1.165) is 12.0 Å². The van der Waals surface area contributed by atoms with Gasteiger partial charge < -0.3 is 24.1 Å². The second-order valence-corrected chi connectivity index (χ2v) is 6.65. The van der Waals surface area contributed by atoms with Crippen LogP contribution in [-0.4, -0.2) is 68.8 Å². The molecule has 0 unspecified atom stereocenters. The zero-order valence-electron chi connectivity index (χ0n) is 14.0. The minimum Gasteiger partial charge on any atom is -0.489 e. The van der Waals surface area contributed by atoms with Gasteiger partial charge in [-0.15, -0.1) is 0 Å². The topological polar surface area (TPSA) is 60.4 Å². The van der Waals surface area contributed by atoms with Crippen LogP contribution in [0.2, 0.25) is 5.02 Å². The average Bonchev–Trinajstić information content (AvgIpc) is 2.80. The van der Waals surface area contributed by atoms with Crippen LogP contribution in [0.3, 0.4) is 0 Å². The summed E-state index contributed by atoms with van der Waals surface area (Å²) >= 11 is 6.35. The molecule has 3 atom stereocenters. The third-order valence-electron chi connectivity index (χ3n) is 4.51. The van der Waals surface area contributed by atoms with E-state index in [9.17, 15) is 5.11 Å². The highest BCUT2D eigenvalue weighted by Crippen LogP contribution is 2.38. The van der Waals surface area contributed by atoms with Gasteiger partial charge in [0.2, 0.25) is 0 Å². The van der Waals surface area contributed by atoms with Crippen molar-refractivity contribution in [1.29, 1.82) is 0 Å². The highest BCUT2D eigenvalue weighted by molar-refractivity contribution is 6.32. The van der Waals surface area contributed by atoms with Gasteiger partial charge in [0.15, 0.2) is 11.5 Å². The number of hydrogen-bond acceptors (Lipinski definition) is 6. The molecule has 2 aliphatic heterocycles. The van der Waals surface area contributed by atoms with E-state index >= 15 is 0 Å². The van der Waals surface area contributed by atoms with Crippen molar-refractivity contribution in [2.24, 2.45) is 0 Å². The van der Waals surface area contributed by atoms with Gasteiger partial charge in [-0.05, 0) is 24.7 Å². The molecule has 0 saturated carbocycles. The summed E-state index contributed by atoms with van der Waals surface area (Å²) in [5.74, 6) is 1.29. The van der Waals surface area contributed by atoms with E-state index in [1.54, 1.807) is 7.11 Å². The molecule has 0 bridgehead atoms. The van der Waals surface area contributed by atoms with E-state index in [1.807, 2.05) is 24.1 Å². The van der Waals surface area contributed by atoms with E-state index < -0.39 is 6.10 Å². The lowest BCUT2D eigenvalue weighted by Gasteiger charge is -2.39. The van der Waals surface area contributed by atoms with Gasteiger partial charge in [0.25, 0.3) is 0 Å². The van der Waals surface area contributed by atoms with Gasteiger partial charge in [-0.3, -0.25) is 4.90 Å². The van der Waals surface area contributed by atoms with Crippen LogP contribution >= 0.6 is 11.6 Å². The summed E-state index contributed by atoms with van der Waals surface area (Å²) in [7, 11) is 3.54. The largest absolute Gasteiger partial charge is 0.489 e. The third kappa shape index (κ3) is 3.78. The molecular formula is C17H24ClNO5. The first kappa shape index (κ1) is 17.8. The minimum atomic E-state index is -0.593. The van der Waals surface area contributed by atoms with Crippen LogP contribution in [0, 0.1) is 0 Å². The summed E-state index contributed by atoms with van der Waals surface area (Å²) in [6, 6.07) is 3.70. The van der Waals surface area contributed by atoms with Gasteiger partial charge >= 0.3 is 0 Å². The predicted molar refractivity (Wildman–Crippen MR) is 89.9 cm³/mol. The molecule has 1 saturated heterocycles. The molecule has 1 aromatic rings. The van der Waals surface area contributed by atoms with Crippen LogP contribution in [0.25, 0.3) is 0 Å². The monoisotopic (exact) mass is 357 g/mol. The molecule has 3 rings (SSSR count). The standard InChI is InChI=1S/C17H24ClNO5/c1-19(13-9-22-10-15(21-2)16(13)20)8-11-6-12(18)17-14(7-11)23-4-3-5-24-17/h6-7,13,15-16,20H,3-5,8-10H2,1-2H3/t13-,15-,16+/m1/s1. The summed E-state index contributed by atoms with van der Waals surface area (Å²) in [6.07, 6.45) is -0.0623. The number of fused-ring (bicyclic) bond motifs is 1. The van der Waals surface area contributed by atoms with Crippen molar-refractivity contribution < 1.29 is 24.1 Å². The van der Waals surface area contributed by atoms with Crippen molar-refractivity contribution in [3.8, 4) is 11.5 Å². The Morgan fingerprint density at radius 1 is 1.29 bits per heavy atom. The molecule has 7 heteroatoms. The Bertz CT molecular complexity index is 570. The van der Waals surface area contributed by atoms with Gasteiger partial charge in [-0.25, -0.2) is 0 Å². The van der Waals surface area contributed by atoms with E-state index in [1.165, 1.54) is 0 Å². The highest BCUT2D eigenvalue weighted by atomic mass is 35.5. The Kier molecular flexibility index (Phi) is 5.84. The molecule has 134 valence electrons. The fourth-order valence-corrected chi connectivity index (χ4v) is 3.41. The van der Waals surface area contributed by atoms with Gasteiger partial charge in [-0.1, -0.05) is 11.6 Å². The van der Waals surface area contributed by atoms with E-state index in [2.05, 4.69) is 0 Å². The zero-order chi connectivity index (χ0) is 17.1. The maximum absolute atomic E-state index is 10.4. The Labute approximate surface area is 147 Å². The number of nitrogens with zero attached hydrogens (tertiary/aromatic N) is 1. The summed E-state index contributed by atoms with van der Waals surface area (Å²) in [6.45, 7) is 2.72. The first-order valence-corrected chi connectivity index (χ1v) is 8.55. The molecule has 0 aliphatic carbocycles. The lowest BCUT2D eigenvalue weighted by atomic mass is 10.0. The van der Waals surface area contributed by atoms with Gasteiger partial charge in [-0.2, -0.15) is 0 Å². The Morgan fingerprint density at radius 2 is 2.08 bits per heavy atom. The number of aliphatic hydroxyl groups is 1. The molecule has 1 aromatic carbocycles. The Morgan fingerprint density at radius 3 is 2.88 bits per heavy atom. The lowest BCUT2D eigenvalue weighted by Crippen LogP contribution is -2.55. The first-order valence-electron chi connectivity index (χ1n) is 8.17. The van der Waals surface area contributed by atoms with Gasteiger partial charge in [0, 0.05) is 20.1 Å². The maximum atomic E-state index is 10.4. The molecule has 1 N–H and O–H groups in total. The van der Waals surface area contributed by atoms with Crippen molar-refractivity contribution in [2.45, 2.75) is 31.2 Å². The average molecular weight is 358 g/mol.